The summed E-state index contributed by atoms with van der Waals surface area (Å²) in [5.74, 6) is -2.30. The molecule has 17 nitrogen and oxygen atoms in total. The molecule has 98 heavy (non-hydrogen) atoms. The Morgan fingerprint density at radius 1 is 0.296 bits per heavy atom. The van der Waals surface area contributed by atoms with Crippen LogP contribution < -0.4 is 0 Å². The first kappa shape index (κ1) is 92.9. The average Bonchev–Trinajstić information content (AvgIpc) is 0.986. The van der Waals surface area contributed by atoms with Crippen LogP contribution in [0.15, 0.2) is 146 Å². The van der Waals surface area contributed by atoms with E-state index in [9.17, 15) is 43.2 Å². The number of carbonyl (C=O) groups is 4. The lowest BCUT2D eigenvalue weighted by Crippen LogP contribution is -2.30. The van der Waals surface area contributed by atoms with Gasteiger partial charge in [0.25, 0.3) is 0 Å². The summed E-state index contributed by atoms with van der Waals surface area (Å²) in [7, 11) is -9.98. The molecule has 0 aliphatic rings. The normalized spacial score (nSPS) is 14.8. The van der Waals surface area contributed by atoms with Crippen molar-refractivity contribution in [3.05, 3.63) is 146 Å². The molecular formula is C79H130O17P2. The zero-order chi connectivity index (χ0) is 71.8. The predicted molar refractivity (Wildman–Crippen MR) is 399 cm³/mol. The maximum atomic E-state index is 13.1. The monoisotopic (exact) mass is 1410 g/mol. The molecule has 0 spiro atoms. The van der Waals surface area contributed by atoms with Crippen LogP contribution in [0.2, 0.25) is 0 Å². The minimum absolute atomic E-state index is 0.0661. The van der Waals surface area contributed by atoms with E-state index in [2.05, 4.69) is 161 Å². The minimum Gasteiger partial charge on any atom is -0.462 e. The molecule has 0 bridgehead atoms. The van der Waals surface area contributed by atoms with E-state index in [-0.39, 0.29) is 25.7 Å². The summed E-state index contributed by atoms with van der Waals surface area (Å²) in [6.07, 6.45) is 78.6. The van der Waals surface area contributed by atoms with Crippen molar-refractivity contribution in [2.24, 2.45) is 0 Å². The molecule has 3 N–H and O–H groups in total. The third-order valence-electron chi connectivity index (χ3n) is 14.8. The van der Waals surface area contributed by atoms with Crippen molar-refractivity contribution in [2.45, 2.75) is 290 Å². The lowest BCUT2D eigenvalue weighted by atomic mass is 10.1. The van der Waals surface area contributed by atoms with Gasteiger partial charge in [-0.15, -0.1) is 0 Å². The first-order valence-electron chi connectivity index (χ1n) is 37.1. The van der Waals surface area contributed by atoms with Crippen LogP contribution in [0.3, 0.4) is 0 Å². The summed E-state index contributed by atoms with van der Waals surface area (Å²) in [4.78, 5) is 72.7. The molecule has 0 rings (SSSR count). The zero-order valence-corrected chi connectivity index (χ0v) is 62.4. The number of allylic oxidation sites excluding steroid dienone is 24. The number of aliphatic hydroxyl groups is 1. The predicted octanol–water partition coefficient (Wildman–Crippen LogP) is 21.1. The van der Waals surface area contributed by atoms with E-state index in [1.165, 1.54) is 12.8 Å². The fourth-order valence-electron chi connectivity index (χ4n) is 9.21. The standard InChI is InChI=1S/C79H130O17P2/c1-5-9-13-17-21-25-29-32-35-36-39-41-45-48-52-56-60-64-77(82)89-69-74(95-78(83)65-61-57-53-49-43-28-24-20-16-12-8-4)71-93-97(85,86)91-67-73(80)68-92-98(87,88)94-72-75(96-79(84)66-62-58-54-50-46-42-38-34-31-27-23-19-15-11-7-3)70-90-76(81)63-59-55-51-47-44-40-37-33-30-26-22-18-14-10-6-2/h9-11,13-15,20-27,32-35,37-39,41,48,52,73-75,80H,5-8,12,16-19,28-31,36,40,42-47,49-51,53-72H2,1-4H3,(H,85,86)(H,87,88)/b13-9-,14-10-,15-11-,24-20-,25-21-,26-22-,27-23-,35-32-,37-33-,38-34-,41-39-,52-48-. The van der Waals surface area contributed by atoms with E-state index in [0.29, 0.717) is 32.1 Å². The Morgan fingerprint density at radius 3 is 0.867 bits per heavy atom. The maximum absolute atomic E-state index is 13.1. The van der Waals surface area contributed by atoms with Crippen LogP contribution in [0.1, 0.15) is 272 Å². The van der Waals surface area contributed by atoms with Gasteiger partial charge in [-0.2, -0.15) is 0 Å². The first-order chi connectivity index (χ1) is 47.7. The maximum Gasteiger partial charge on any atom is 0.472 e. The number of rotatable bonds is 68. The number of carbonyl (C=O) groups excluding carboxylic acids is 4. The molecule has 0 saturated carbocycles. The molecule has 5 atom stereocenters. The highest BCUT2D eigenvalue weighted by Gasteiger charge is 2.30. The minimum atomic E-state index is -4.99. The largest absolute Gasteiger partial charge is 0.472 e. The number of hydrogen-bond acceptors (Lipinski definition) is 15. The number of phosphoric ester groups is 2. The molecule has 0 aromatic carbocycles. The van der Waals surface area contributed by atoms with Crippen molar-refractivity contribution in [1.29, 1.82) is 0 Å². The Morgan fingerprint density at radius 2 is 0.541 bits per heavy atom. The lowest BCUT2D eigenvalue weighted by Gasteiger charge is -2.21. The molecule has 0 amide bonds. The lowest BCUT2D eigenvalue weighted by molar-refractivity contribution is -0.161. The second kappa shape index (κ2) is 70.4. The molecule has 0 aliphatic heterocycles. The summed E-state index contributed by atoms with van der Waals surface area (Å²) in [5, 5.41) is 10.6. The van der Waals surface area contributed by atoms with Gasteiger partial charge in [0.15, 0.2) is 12.2 Å². The first-order valence-corrected chi connectivity index (χ1v) is 40.1. The fourth-order valence-corrected chi connectivity index (χ4v) is 10.8. The van der Waals surface area contributed by atoms with Gasteiger partial charge >= 0.3 is 39.5 Å². The van der Waals surface area contributed by atoms with Gasteiger partial charge in [0.2, 0.25) is 0 Å². The van der Waals surface area contributed by atoms with Crippen molar-refractivity contribution in [1.82, 2.24) is 0 Å². The van der Waals surface area contributed by atoms with Crippen LogP contribution in [0.4, 0.5) is 0 Å². The Balaban J connectivity index is 5.41. The number of unbranched alkanes of at least 4 members (excludes halogenated alkanes) is 18. The fraction of sp³-hybridized carbons (Fsp3) is 0.646. The highest BCUT2D eigenvalue weighted by atomic mass is 31.2. The Kier molecular flexibility index (Phi) is 66.7. The van der Waals surface area contributed by atoms with Crippen LogP contribution in [-0.4, -0.2) is 96.7 Å². The van der Waals surface area contributed by atoms with Gasteiger partial charge in [-0.3, -0.25) is 37.3 Å². The number of esters is 4. The van der Waals surface area contributed by atoms with E-state index < -0.39 is 97.5 Å². The average molecular weight is 1410 g/mol. The van der Waals surface area contributed by atoms with E-state index in [0.717, 1.165) is 173 Å². The zero-order valence-electron chi connectivity index (χ0n) is 60.7. The van der Waals surface area contributed by atoms with E-state index >= 15 is 0 Å². The van der Waals surface area contributed by atoms with Crippen molar-refractivity contribution >= 4 is 39.5 Å². The summed E-state index contributed by atoms with van der Waals surface area (Å²) in [6, 6.07) is 0. The topological polar surface area (TPSA) is 237 Å². The van der Waals surface area contributed by atoms with Crippen LogP contribution in [-0.2, 0) is 65.4 Å². The van der Waals surface area contributed by atoms with Crippen molar-refractivity contribution in [2.75, 3.05) is 39.6 Å². The number of aliphatic hydroxyl groups excluding tert-OH is 1. The van der Waals surface area contributed by atoms with Crippen LogP contribution in [0.25, 0.3) is 0 Å². The van der Waals surface area contributed by atoms with Crippen molar-refractivity contribution in [3.8, 4) is 0 Å². The van der Waals surface area contributed by atoms with Gasteiger partial charge in [-0.05, 0) is 148 Å². The number of hydrogen-bond donors (Lipinski definition) is 3. The molecule has 0 aliphatic carbocycles. The summed E-state index contributed by atoms with van der Waals surface area (Å²) >= 11 is 0. The Labute approximate surface area is 592 Å². The summed E-state index contributed by atoms with van der Waals surface area (Å²) in [5.41, 5.74) is 0. The number of ether oxygens (including phenoxy) is 4. The molecule has 19 heteroatoms. The second-order valence-electron chi connectivity index (χ2n) is 24.1. The quantitative estimate of drug-likeness (QED) is 0.0169. The number of phosphoric acid groups is 2. The van der Waals surface area contributed by atoms with Gasteiger partial charge in [0.1, 0.15) is 19.3 Å². The molecule has 0 aromatic heterocycles. The Bertz CT molecular complexity index is 2430. The molecule has 0 saturated heterocycles. The van der Waals surface area contributed by atoms with Gasteiger partial charge in [-0.25, -0.2) is 9.13 Å². The van der Waals surface area contributed by atoms with E-state index in [1.54, 1.807) is 0 Å². The van der Waals surface area contributed by atoms with Crippen molar-refractivity contribution in [3.63, 3.8) is 0 Å². The highest BCUT2D eigenvalue weighted by Crippen LogP contribution is 2.45. The summed E-state index contributed by atoms with van der Waals surface area (Å²) in [6.45, 7) is 4.35. The van der Waals surface area contributed by atoms with E-state index in [1.807, 2.05) is 12.2 Å². The second-order valence-corrected chi connectivity index (χ2v) is 27.0. The third kappa shape index (κ3) is 69.4. The highest BCUT2D eigenvalue weighted by molar-refractivity contribution is 7.47. The van der Waals surface area contributed by atoms with Crippen molar-refractivity contribution < 1.29 is 80.2 Å². The smallest absolute Gasteiger partial charge is 0.462 e. The van der Waals surface area contributed by atoms with Crippen LogP contribution in [0.5, 0.6) is 0 Å². The SMILES string of the molecule is CC/C=C\C/C=C\C/C=C\C/C=C\C/C=C\CCCC(=O)OCC(COP(=O)(O)OCC(O)COP(=O)(O)OCC(COC(=O)CCCCCCC/C=C\C/C=C\C/C=C\CC)OC(=O)CCCCCCC/C=C\C/C=C\C/C=C\CC)OC(=O)CCCCCCC/C=C\CCCC. The van der Waals surface area contributed by atoms with E-state index in [4.69, 9.17) is 37.0 Å². The van der Waals surface area contributed by atoms with Gasteiger partial charge in [0, 0.05) is 25.7 Å². The molecule has 0 aromatic rings. The van der Waals surface area contributed by atoms with Crippen LogP contribution >= 0.6 is 15.6 Å². The summed E-state index contributed by atoms with van der Waals surface area (Å²) < 4.78 is 68.3. The van der Waals surface area contributed by atoms with Gasteiger partial charge in [0.05, 0.1) is 26.4 Å². The van der Waals surface area contributed by atoms with Gasteiger partial charge < -0.3 is 33.8 Å². The Hall–Kier alpha value is -5.06. The molecular weight excluding hydrogens is 1280 g/mol. The van der Waals surface area contributed by atoms with Crippen LogP contribution in [0, 0.1) is 0 Å². The third-order valence-corrected chi connectivity index (χ3v) is 16.7. The molecule has 0 fully saturated rings. The molecule has 0 heterocycles. The molecule has 5 unspecified atom stereocenters. The molecule has 558 valence electrons. The molecule has 0 radical (unpaired) electrons. The van der Waals surface area contributed by atoms with Gasteiger partial charge in [-0.1, -0.05) is 244 Å².